The zero-order valence-corrected chi connectivity index (χ0v) is 5.54. The summed E-state index contributed by atoms with van der Waals surface area (Å²) in [5.41, 5.74) is 6.39. The van der Waals surface area contributed by atoms with E-state index in [1.807, 2.05) is 17.8 Å². The third-order valence-electron chi connectivity index (χ3n) is 1.16. The highest BCUT2D eigenvalue weighted by Crippen LogP contribution is 1.92. The third kappa shape index (κ3) is 1.54. The number of imidazole rings is 1. The zero-order valence-electron chi connectivity index (χ0n) is 5.54. The molecule has 0 amide bonds. The molecule has 3 nitrogen and oxygen atoms in total. The van der Waals surface area contributed by atoms with Gasteiger partial charge < -0.3 is 10.3 Å². The molecule has 0 aromatic carbocycles. The van der Waals surface area contributed by atoms with Gasteiger partial charge in [0, 0.05) is 19.7 Å². The predicted molar refractivity (Wildman–Crippen MR) is 36.0 cm³/mol. The van der Waals surface area contributed by atoms with E-state index in [1.165, 1.54) is 0 Å². The molecule has 1 aromatic heterocycles. The van der Waals surface area contributed by atoms with E-state index in [0.29, 0.717) is 6.54 Å². The van der Waals surface area contributed by atoms with Crippen LogP contribution < -0.4 is 5.73 Å². The molecule has 9 heavy (non-hydrogen) atoms. The van der Waals surface area contributed by atoms with E-state index in [4.69, 9.17) is 5.73 Å². The van der Waals surface area contributed by atoms with Crippen LogP contribution in [0.1, 0.15) is 5.69 Å². The quantitative estimate of drug-likeness (QED) is 0.604. The first-order valence-electron chi connectivity index (χ1n) is 3.00. The molecule has 0 bridgehead atoms. The van der Waals surface area contributed by atoms with Gasteiger partial charge in [0.2, 0.25) is 0 Å². The fourth-order valence-electron chi connectivity index (χ4n) is 0.744. The number of aryl methyl sites for hydroxylation is 1. The van der Waals surface area contributed by atoms with Gasteiger partial charge in [0.1, 0.15) is 0 Å². The summed E-state index contributed by atoms with van der Waals surface area (Å²) < 4.78 is 1.92. The number of aromatic nitrogens is 2. The van der Waals surface area contributed by atoms with Crippen molar-refractivity contribution in [1.82, 2.24) is 9.55 Å². The van der Waals surface area contributed by atoms with Gasteiger partial charge in [-0.2, -0.15) is 0 Å². The van der Waals surface area contributed by atoms with Crippen molar-refractivity contribution >= 4 is 0 Å². The molecule has 0 aliphatic carbocycles. The largest absolute Gasteiger partial charge is 0.340 e. The van der Waals surface area contributed by atoms with Gasteiger partial charge in [-0.05, 0) is 6.54 Å². The molecular weight excluding hydrogens is 116 g/mol. The van der Waals surface area contributed by atoms with Gasteiger partial charge in [0.25, 0.3) is 0 Å². The van der Waals surface area contributed by atoms with Gasteiger partial charge in [-0.1, -0.05) is 0 Å². The molecule has 0 aliphatic rings. The van der Waals surface area contributed by atoms with E-state index in [-0.39, 0.29) is 0 Å². The van der Waals surface area contributed by atoms with Gasteiger partial charge in [-0.15, -0.1) is 0 Å². The van der Waals surface area contributed by atoms with Gasteiger partial charge in [-0.25, -0.2) is 4.98 Å². The first-order chi connectivity index (χ1) is 4.33. The summed E-state index contributed by atoms with van der Waals surface area (Å²) >= 11 is 0. The summed E-state index contributed by atoms with van der Waals surface area (Å²) in [6, 6.07) is 0. The Morgan fingerprint density at radius 1 is 1.78 bits per heavy atom. The molecule has 1 aromatic rings. The molecule has 0 atom stereocenters. The smallest absolute Gasteiger partial charge is 0.0946 e. The Kier molecular flexibility index (Phi) is 1.85. The van der Waals surface area contributed by atoms with Crippen LogP contribution in [0.25, 0.3) is 0 Å². The Bertz CT molecular complexity index is 180. The molecule has 0 radical (unpaired) electrons. The van der Waals surface area contributed by atoms with E-state index in [9.17, 15) is 0 Å². The first kappa shape index (κ1) is 6.29. The Morgan fingerprint density at radius 3 is 3.00 bits per heavy atom. The van der Waals surface area contributed by atoms with Crippen molar-refractivity contribution < 1.29 is 0 Å². The van der Waals surface area contributed by atoms with Gasteiger partial charge >= 0.3 is 0 Å². The maximum atomic E-state index is 5.32. The van der Waals surface area contributed by atoms with E-state index in [1.54, 1.807) is 6.33 Å². The minimum atomic E-state index is 0.678. The molecule has 2 N–H and O–H groups in total. The summed E-state index contributed by atoms with van der Waals surface area (Å²) in [5, 5.41) is 0. The van der Waals surface area contributed by atoms with Crippen molar-refractivity contribution in [2.45, 2.75) is 6.42 Å². The molecule has 0 spiro atoms. The lowest BCUT2D eigenvalue weighted by atomic mass is 10.3. The Labute approximate surface area is 54.5 Å². The average Bonchev–Trinajstić information content (AvgIpc) is 2.17. The van der Waals surface area contributed by atoms with E-state index in [0.717, 1.165) is 12.1 Å². The number of rotatable bonds is 2. The van der Waals surface area contributed by atoms with Crippen LogP contribution in [0.2, 0.25) is 0 Å². The molecule has 0 saturated heterocycles. The monoisotopic (exact) mass is 127 g/mol. The maximum absolute atomic E-state index is 5.32. The highest BCUT2D eigenvalue weighted by Gasteiger charge is 1.91. The van der Waals surface area contributed by atoms with Crippen LogP contribution in [-0.4, -0.2) is 16.1 Å². The van der Waals surface area contributed by atoms with Crippen LogP contribution in [0.3, 0.4) is 0 Å². The second-order valence-corrected chi connectivity index (χ2v) is 2.07. The molecule has 0 unspecified atom stereocenters. The molecule has 1 rings (SSSR count). The van der Waals surface area contributed by atoms with Gasteiger partial charge in [0.05, 0.1) is 12.0 Å². The lowest BCUT2D eigenvalue weighted by Crippen LogP contribution is -2.02. The highest BCUT2D eigenvalue weighted by molar-refractivity contribution is 4.95. The van der Waals surface area contributed by atoms with Crippen LogP contribution in [0.4, 0.5) is 0 Å². The third-order valence-corrected chi connectivity index (χ3v) is 1.16. The minimum Gasteiger partial charge on any atom is -0.340 e. The summed E-state index contributed by atoms with van der Waals surface area (Å²) in [5.74, 6) is 0. The first-order valence-corrected chi connectivity index (χ1v) is 3.00. The Morgan fingerprint density at radius 2 is 2.56 bits per heavy atom. The average molecular weight is 127 g/mol. The van der Waals surface area contributed by atoms with Crippen LogP contribution in [0.15, 0.2) is 12.5 Å². The van der Waals surface area contributed by atoms with Crippen LogP contribution in [-0.2, 0) is 13.5 Å². The second kappa shape index (κ2) is 2.64. The molecular formula is C6H11N3. The number of nitrogens with zero attached hydrogens (tertiary/aromatic N) is 2. The minimum absolute atomic E-state index is 0.678. The fraction of sp³-hybridized carbons (Fsp3) is 0.500. The van der Waals surface area contributed by atoms with Crippen molar-refractivity contribution in [3.63, 3.8) is 0 Å². The van der Waals surface area contributed by atoms with Crippen LogP contribution in [0.5, 0.6) is 0 Å². The zero-order chi connectivity index (χ0) is 6.69. The highest BCUT2D eigenvalue weighted by atomic mass is 15.3. The van der Waals surface area contributed by atoms with Gasteiger partial charge in [-0.3, -0.25) is 0 Å². The maximum Gasteiger partial charge on any atom is 0.0946 e. The van der Waals surface area contributed by atoms with E-state index >= 15 is 0 Å². The lowest BCUT2D eigenvalue weighted by Gasteiger charge is -1.86. The standard InChI is InChI=1S/C6H11N3/c1-9-4-6(2-3-7)8-5-9/h4-5H,2-3,7H2,1H3/i1+2. The lowest BCUT2D eigenvalue weighted by molar-refractivity contribution is 0.906. The molecule has 50 valence electrons. The van der Waals surface area contributed by atoms with Gasteiger partial charge in [0.15, 0.2) is 0 Å². The molecule has 1 heterocycles. The topological polar surface area (TPSA) is 43.8 Å². The van der Waals surface area contributed by atoms with Crippen molar-refractivity contribution in [2.24, 2.45) is 12.8 Å². The van der Waals surface area contributed by atoms with E-state index in [2.05, 4.69) is 4.98 Å². The molecule has 3 heteroatoms. The fourth-order valence-corrected chi connectivity index (χ4v) is 0.744. The van der Waals surface area contributed by atoms with Crippen molar-refractivity contribution in [3.8, 4) is 0 Å². The van der Waals surface area contributed by atoms with Crippen molar-refractivity contribution in [2.75, 3.05) is 6.54 Å². The summed E-state index contributed by atoms with van der Waals surface area (Å²) in [6.07, 6.45) is 4.64. The molecule has 0 fully saturated rings. The van der Waals surface area contributed by atoms with Crippen molar-refractivity contribution in [3.05, 3.63) is 18.2 Å². The van der Waals surface area contributed by atoms with Crippen LogP contribution >= 0.6 is 0 Å². The Balaban J connectivity index is 2.61. The normalized spacial score (nSPS) is 10.0. The van der Waals surface area contributed by atoms with E-state index < -0.39 is 0 Å². The molecule has 0 saturated carbocycles. The number of hydrogen-bond acceptors (Lipinski definition) is 2. The molecule has 0 aliphatic heterocycles. The number of nitrogens with two attached hydrogens (primary N) is 1. The predicted octanol–water partition coefficient (Wildman–Crippen LogP) is -0.0787. The van der Waals surface area contributed by atoms with Crippen molar-refractivity contribution in [1.29, 1.82) is 0 Å². The summed E-state index contributed by atoms with van der Waals surface area (Å²) in [4.78, 5) is 4.09. The summed E-state index contributed by atoms with van der Waals surface area (Å²) in [6.45, 7) is 0.678. The van der Waals surface area contributed by atoms with Crippen LogP contribution in [0, 0.1) is 0 Å². The SMILES string of the molecule is [14CH3]n1cnc(CCN)c1. The number of hydrogen-bond donors (Lipinski definition) is 1. The second-order valence-electron chi connectivity index (χ2n) is 2.07. The summed E-state index contributed by atoms with van der Waals surface area (Å²) in [7, 11) is 1.95. The Hall–Kier alpha value is -0.830.